The number of aliphatic hydroxyl groups excluding tert-OH is 1. The number of phenols is 1. The molecule has 3 aromatic rings. The highest BCUT2D eigenvalue weighted by Crippen LogP contribution is 2.20. The van der Waals surface area contributed by atoms with Crippen LogP contribution in [0.4, 0.5) is 0 Å². The van der Waals surface area contributed by atoms with Crippen molar-refractivity contribution in [1.29, 1.82) is 0 Å². The second-order valence-corrected chi connectivity index (χ2v) is 13.9. The molecule has 12 N–H and O–H groups in total. The van der Waals surface area contributed by atoms with E-state index in [1.165, 1.54) is 24.3 Å². The number of fused-ring (bicyclic) bond motifs is 1. The summed E-state index contributed by atoms with van der Waals surface area (Å²) in [4.78, 5) is 94.0. The van der Waals surface area contributed by atoms with Gasteiger partial charge in [-0.05, 0) is 35.2 Å². The molecule has 0 saturated heterocycles. The van der Waals surface area contributed by atoms with Gasteiger partial charge < -0.3 is 57.9 Å². The largest absolute Gasteiger partial charge is 0.508 e. The maximum Gasteiger partial charge on any atom is 0.327 e. The number of phenolic OH excluding ortho intramolecular Hbond substituents is 1. The fraction of sp³-hybridized carbons (Fsp3) is 0.417. The Morgan fingerprint density at radius 3 is 1.95 bits per heavy atom. The molecule has 1 aromatic heterocycles. The molecule has 6 atom stereocenters. The number of carbonyl (C=O) groups excluding carboxylic acids is 6. The summed E-state index contributed by atoms with van der Waals surface area (Å²) in [6.07, 6.45) is 1.45. The molecule has 0 bridgehead atoms. The molecule has 56 heavy (non-hydrogen) atoms. The number of hydrogen-bond donors (Lipinski definition) is 13. The van der Waals surface area contributed by atoms with Crippen LogP contribution in [0.15, 0.2) is 54.7 Å². The molecule has 304 valence electrons. The first-order valence-corrected chi connectivity index (χ1v) is 18.8. The van der Waals surface area contributed by atoms with Gasteiger partial charge in [0, 0.05) is 41.4 Å². The van der Waals surface area contributed by atoms with Gasteiger partial charge in [-0.1, -0.05) is 44.2 Å². The van der Waals surface area contributed by atoms with E-state index in [-0.39, 0.29) is 30.1 Å². The van der Waals surface area contributed by atoms with Crippen molar-refractivity contribution in [2.75, 3.05) is 24.7 Å². The van der Waals surface area contributed by atoms with Gasteiger partial charge in [0.1, 0.15) is 36.0 Å². The molecule has 0 aliphatic rings. The lowest BCUT2D eigenvalue weighted by Gasteiger charge is -2.28. The van der Waals surface area contributed by atoms with Gasteiger partial charge in [0.2, 0.25) is 35.4 Å². The van der Waals surface area contributed by atoms with Crippen molar-refractivity contribution in [3.05, 3.63) is 65.9 Å². The minimum absolute atomic E-state index is 0.0288. The van der Waals surface area contributed by atoms with E-state index in [1.54, 1.807) is 26.1 Å². The number of hydrogen-bond acceptors (Lipinski definition) is 12. The number of thiol groups is 2. The zero-order chi connectivity index (χ0) is 41.5. The fourth-order valence-corrected chi connectivity index (χ4v) is 5.82. The molecule has 3 rings (SSSR count). The number of aromatic amines is 1. The Morgan fingerprint density at radius 1 is 0.732 bits per heavy atom. The summed E-state index contributed by atoms with van der Waals surface area (Å²) in [5, 5.41) is 44.4. The summed E-state index contributed by atoms with van der Waals surface area (Å²) in [6.45, 7) is 1.81. The molecular weight excluding hydrogens is 769 g/mol. The lowest BCUT2D eigenvalue weighted by atomic mass is 9.99. The number of amides is 6. The number of para-hydroxylation sites is 1. The molecular formula is C36H48N8O10S2. The number of rotatable bonds is 21. The van der Waals surface area contributed by atoms with E-state index in [4.69, 9.17) is 5.73 Å². The van der Waals surface area contributed by atoms with Crippen LogP contribution in [-0.2, 0) is 46.4 Å². The van der Waals surface area contributed by atoms with Crippen molar-refractivity contribution in [3.8, 4) is 5.75 Å². The Kier molecular flexibility index (Phi) is 17.5. The summed E-state index contributed by atoms with van der Waals surface area (Å²) in [5.41, 5.74) is 7.56. The summed E-state index contributed by atoms with van der Waals surface area (Å²) in [7, 11) is 0. The molecule has 20 heteroatoms. The van der Waals surface area contributed by atoms with Gasteiger partial charge in [0.25, 0.3) is 0 Å². The van der Waals surface area contributed by atoms with Gasteiger partial charge in [-0.15, -0.1) is 0 Å². The van der Waals surface area contributed by atoms with Crippen LogP contribution >= 0.6 is 25.3 Å². The van der Waals surface area contributed by atoms with E-state index in [0.29, 0.717) is 11.1 Å². The number of aliphatic hydroxyl groups is 1. The normalized spacial score (nSPS) is 14.3. The van der Waals surface area contributed by atoms with Crippen molar-refractivity contribution in [3.63, 3.8) is 0 Å². The Labute approximate surface area is 333 Å². The number of H-pyrrole nitrogens is 1. The highest BCUT2D eigenvalue weighted by Gasteiger charge is 2.34. The lowest BCUT2D eigenvalue weighted by Crippen LogP contribution is -2.61. The van der Waals surface area contributed by atoms with E-state index in [9.17, 15) is 48.9 Å². The van der Waals surface area contributed by atoms with Gasteiger partial charge in [-0.3, -0.25) is 28.8 Å². The van der Waals surface area contributed by atoms with Crippen LogP contribution in [0.1, 0.15) is 25.0 Å². The van der Waals surface area contributed by atoms with Gasteiger partial charge in [-0.25, -0.2) is 4.79 Å². The third kappa shape index (κ3) is 13.2. The quantitative estimate of drug-likeness (QED) is 0.0528. The molecule has 0 fully saturated rings. The minimum atomic E-state index is -1.46. The van der Waals surface area contributed by atoms with Crippen molar-refractivity contribution in [2.24, 2.45) is 11.7 Å². The topological polar surface area (TPSA) is 294 Å². The van der Waals surface area contributed by atoms with Crippen LogP contribution in [0.3, 0.4) is 0 Å². The summed E-state index contributed by atoms with van der Waals surface area (Å²) in [6, 6.07) is 5.23. The van der Waals surface area contributed by atoms with Crippen LogP contribution in [-0.4, -0.2) is 123 Å². The number of carbonyl (C=O) groups is 7. The highest BCUT2D eigenvalue weighted by atomic mass is 32.1. The summed E-state index contributed by atoms with van der Waals surface area (Å²) in [5.74, 6) is -7.06. The second-order valence-electron chi connectivity index (χ2n) is 13.2. The van der Waals surface area contributed by atoms with Gasteiger partial charge in [-0.2, -0.15) is 25.3 Å². The number of nitrogens with two attached hydrogens (primary N) is 1. The number of aromatic nitrogens is 1. The monoisotopic (exact) mass is 816 g/mol. The number of aromatic hydroxyl groups is 1. The second kappa shape index (κ2) is 21.7. The predicted octanol–water partition coefficient (Wildman–Crippen LogP) is -1.88. The molecule has 1 heterocycles. The molecule has 18 nitrogen and oxygen atoms in total. The van der Waals surface area contributed by atoms with E-state index in [1.807, 2.05) is 18.2 Å². The molecule has 0 spiro atoms. The number of benzene rings is 2. The highest BCUT2D eigenvalue weighted by molar-refractivity contribution is 7.80. The Balaban J connectivity index is 1.91. The van der Waals surface area contributed by atoms with Crippen LogP contribution in [0.25, 0.3) is 10.9 Å². The zero-order valence-corrected chi connectivity index (χ0v) is 32.4. The maximum absolute atomic E-state index is 14.2. The van der Waals surface area contributed by atoms with Crippen molar-refractivity contribution in [1.82, 2.24) is 36.9 Å². The van der Waals surface area contributed by atoms with Gasteiger partial charge in [0.05, 0.1) is 19.2 Å². The Bertz CT molecular complexity index is 1860. The maximum atomic E-state index is 14.2. The van der Waals surface area contributed by atoms with E-state index in [2.05, 4.69) is 62.1 Å². The molecule has 6 amide bonds. The van der Waals surface area contributed by atoms with E-state index < -0.39 is 96.7 Å². The van der Waals surface area contributed by atoms with Crippen LogP contribution in [0.5, 0.6) is 5.75 Å². The standard InChI is InChI=1S/C36H48N8O10S2/c1-18(2)30(44-34(51)27(15-45)43-31(48)23(37)16-55)35(52)42-26(12-20-13-38-24-6-4-3-5-22(20)24)33(50)41-25(11-19-7-9-21(46)10-8-19)32(49)39-14-29(47)40-28(17-56)36(53)54/h3-10,13,18,23,25-28,30,38,45-46,55-56H,11-12,14-17,37H2,1-2H3,(H,39,49)(H,40,47)(H,41,50)(H,42,52)(H,43,48)(H,44,51)(H,53,54)/t23-,25-,26-,27-,28-,30-/m0/s1. The van der Waals surface area contributed by atoms with Crippen LogP contribution in [0.2, 0.25) is 0 Å². The predicted molar refractivity (Wildman–Crippen MR) is 212 cm³/mol. The summed E-state index contributed by atoms with van der Waals surface area (Å²) >= 11 is 7.87. The average molecular weight is 817 g/mol. The first-order valence-electron chi connectivity index (χ1n) is 17.5. The average Bonchev–Trinajstić information content (AvgIpc) is 3.58. The molecule has 2 aromatic carbocycles. The fourth-order valence-electron chi connectivity index (χ4n) is 5.41. The SMILES string of the molecule is CC(C)[C@H](NC(=O)[C@H](CO)NC(=O)[C@@H](N)CS)C(=O)N[C@@H](Cc1c[nH]c2ccccc12)C(=O)N[C@@H](Cc1ccc(O)cc1)C(=O)NCC(=O)N[C@@H](CS)C(=O)O. The molecule has 0 aliphatic heterocycles. The Hall–Kier alpha value is -5.31. The molecule has 0 aliphatic carbocycles. The first kappa shape index (κ1) is 45.1. The summed E-state index contributed by atoms with van der Waals surface area (Å²) < 4.78 is 0. The number of carboxylic acid groups (broad SMARTS) is 1. The van der Waals surface area contributed by atoms with Crippen molar-refractivity contribution in [2.45, 2.75) is 62.9 Å². The van der Waals surface area contributed by atoms with E-state index in [0.717, 1.165) is 10.9 Å². The molecule has 0 radical (unpaired) electrons. The van der Waals surface area contributed by atoms with Gasteiger partial charge in [0.15, 0.2) is 0 Å². The van der Waals surface area contributed by atoms with Gasteiger partial charge >= 0.3 is 5.97 Å². The van der Waals surface area contributed by atoms with Crippen LogP contribution < -0.4 is 37.6 Å². The lowest BCUT2D eigenvalue weighted by molar-refractivity contribution is -0.141. The number of aliphatic carboxylic acids is 1. The Morgan fingerprint density at radius 2 is 1.34 bits per heavy atom. The number of nitrogens with one attached hydrogen (secondary N) is 7. The smallest absolute Gasteiger partial charge is 0.327 e. The molecule has 0 unspecified atom stereocenters. The number of carboxylic acids is 1. The van der Waals surface area contributed by atoms with Crippen molar-refractivity contribution >= 4 is 77.6 Å². The van der Waals surface area contributed by atoms with E-state index >= 15 is 0 Å². The third-order valence-electron chi connectivity index (χ3n) is 8.58. The van der Waals surface area contributed by atoms with Crippen molar-refractivity contribution < 1.29 is 48.9 Å². The zero-order valence-electron chi connectivity index (χ0n) is 30.7. The first-order chi connectivity index (χ1) is 26.6. The van der Waals surface area contributed by atoms with Crippen LogP contribution in [0, 0.1) is 5.92 Å². The molecule has 0 saturated carbocycles. The third-order valence-corrected chi connectivity index (χ3v) is 9.33. The minimum Gasteiger partial charge on any atom is -0.508 e.